The van der Waals surface area contributed by atoms with Gasteiger partial charge in [-0.05, 0) is 18.9 Å². The molecule has 94 valence electrons. The molecule has 1 heterocycles. The van der Waals surface area contributed by atoms with Crippen LogP contribution in [0.5, 0.6) is 0 Å². The Hall–Kier alpha value is -0.120. The lowest BCUT2D eigenvalue weighted by Crippen LogP contribution is -2.20. The summed E-state index contributed by atoms with van der Waals surface area (Å²) in [6.07, 6.45) is 7.35. The van der Waals surface area contributed by atoms with Gasteiger partial charge in [0.1, 0.15) is 0 Å². The van der Waals surface area contributed by atoms with E-state index in [1.54, 1.807) is 12.3 Å². The molecule has 0 amide bonds. The van der Waals surface area contributed by atoms with Gasteiger partial charge in [-0.25, -0.2) is 0 Å². The average Bonchev–Trinajstić information content (AvgIpc) is 2.34. The van der Waals surface area contributed by atoms with Crippen molar-refractivity contribution in [1.82, 2.24) is 4.98 Å². The van der Waals surface area contributed by atoms with Gasteiger partial charge in [-0.15, -0.1) is 0 Å². The summed E-state index contributed by atoms with van der Waals surface area (Å²) in [5.41, 5.74) is 0.694. The molecule has 0 bridgehead atoms. The van der Waals surface area contributed by atoms with Crippen LogP contribution in [0.15, 0.2) is 12.3 Å². The first-order valence-electron chi connectivity index (χ1n) is 5.84. The Kier molecular flexibility index (Phi) is 4.83. The first-order valence-corrected chi connectivity index (χ1v) is 7.97. The molecule has 2 rings (SSSR count). The number of hydrogen-bond acceptors (Lipinski definition) is 2. The standard InChI is InChI=1S/C12H15Cl2NOS/c13-9-6-11(14)12(15-7-9)8-17(16)10-4-2-1-3-5-10/h6-7,10H,1-5,8H2. The Morgan fingerprint density at radius 3 is 2.65 bits per heavy atom. The van der Waals surface area contributed by atoms with Gasteiger partial charge < -0.3 is 0 Å². The lowest BCUT2D eigenvalue weighted by atomic mass is 10.0. The number of pyridine rings is 1. The Morgan fingerprint density at radius 2 is 2.00 bits per heavy atom. The summed E-state index contributed by atoms with van der Waals surface area (Å²) in [5, 5.41) is 1.35. The first-order chi connectivity index (χ1) is 8.16. The molecule has 1 saturated carbocycles. The highest BCUT2D eigenvalue weighted by Crippen LogP contribution is 2.25. The summed E-state index contributed by atoms with van der Waals surface area (Å²) in [7, 11) is -0.864. The van der Waals surface area contributed by atoms with Crippen molar-refractivity contribution >= 4 is 34.0 Å². The van der Waals surface area contributed by atoms with E-state index in [1.165, 1.54) is 19.3 Å². The van der Waals surface area contributed by atoms with E-state index in [4.69, 9.17) is 23.2 Å². The monoisotopic (exact) mass is 291 g/mol. The summed E-state index contributed by atoms with van der Waals surface area (Å²) in [4.78, 5) is 4.16. The third kappa shape index (κ3) is 3.67. The molecule has 17 heavy (non-hydrogen) atoms. The second-order valence-electron chi connectivity index (χ2n) is 4.37. The fraction of sp³-hybridized carbons (Fsp3) is 0.583. The summed E-state index contributed by atoms with van der Waals surface area (Å²) in [6.45, 7) is 0. The lowest BCUT2D eigenvalue weighted by molar-refractivity contribution is 0.504. The molecule has 1 aliphatic rings. The fourth-order valence-electron chi connectivity index (χ4n) is 2.13. The van der Waals surface area contributed by atoms with E-state index >= 15 is 0 Å². The van der Waals surface area contributed by atoms with Crippen LogP contribution in [0.3, 0.4) is 0 Å². The van der Waals surface area contributed by atoms with Crippen LogP contribution in [0.25, 0.3) is 0 Å². The highest BCUT2D eigenvalue weighted by atomic mass is 35.5. The Bertz CT molecular complexity index is 419. The molecule has 1 aromatic rings. The van der Waals surface area contributed by atoms with E-state index in [1.807, 2.05) is 0 Å². The normalized spacial score (nSPS) is 19.2. The molecule has 0 radical (unpaired) electrons. The largest absolute Gasteiger partial charge is 0.259 e. The highest BCUT2D eigenvalue weighted by Gasteiger charge is 2.21. The van der Waals surface area contributed by atoms with Crippen molar-refractivity contribution in [3.8, 4) is 0 Å². The zero-order valence-electron chi connectivity index (χ0n) is 9.49. The second kappa shape index (κ2) is 6.17. The highest BCUT2D eigenvalue weighted by molar-refractivity contribution is 7.84. The lowest BCUT2D eigenvalue weighted by Gasteiger charge is -2.20. The van der Waals surface area contributed by atoms with Crippen molar-refractivity contribution < 1.29 is 4.21 Å². The molecule has 0 aliphatic heterocycles. The molecule has 0 spiro atoms. The average molecular weight is 292 g/mol. The molecular weight excluding hydrogens is 277 g/mol. The summed E-state index contributed by atoms with van der Waals surface area (Å²) in [6, 6.07) is 1.66. The van der Waals surface area contributed by atoms with Crippen molar-refractivity contribution in [3.05, 3.63) is 28.0 Å². The SMILES string of the molecule is O=S(Cc1ncc(Cl)cc1Cl)C1CCCCC1. The fourth-order valence-corrected chi connectivity index (χ4v) is 4.25. The van der Waals surface area contributed by atoms with Crippen LogP contribution in [0.1, 0.15) is 37.8 Å². The smallest absolute Gasteiger partial charge is 0.0715 e. The quantitative estimate of drug-likeness (QED) is 0.843. The van der Waals surface area contributed by atoms with Gasteiger partial charge in [0.05, 0.1) is 21.5 Å². The minimum atomic E-state index is -0.864. The van der Waals surface area contributed by atoms with Gasteiger partial charge in [-0.1, -0.05) is 42.5 Å². The van der Waals surface area contributed by atoms with Crippen LogP contribution in [0, 0.1) is 0 Å². The zero-order chi connectivity index (χ0) is 12.3. The summed E-state index contributed by atoms with van der Waals surface area (Å²) in [5.74, 6) is 0.445. The van der Waals surface area contributed by atoms with E-state index in [9.17, 15) is 4.21 Å². The van der Waals surface area contributed by atoms with Crippen molar-refractivity contribution in [2.75, 3.05) is 0 Å². The number of nitrogens with zero attached hydrogens (tertiary/aromatic N) is 1. The molecule has 0 N–H and O–H groups in total. The number of halogens is 2. The first kappa shape index (κ1) is 13.3. The minimum Gasteiger partial charge on any atom is -0.259 e. The molecule has 1 aliphatic carbocycles. The van der Waals surface area contributed by atoms with Crippen LogP contribution >= 0.6 is 23.2 Å². The maximum atomic E-state index is 12.2. The van der Waals surface area contributed by atoms with E-state index in [0.717, 1.165) is 12.8 Å². The maximum absolute atomic E-state index is 12.2. The van der Waals surface area contributed by atoms with Gasteiger partial charge >= 0.3 is 0 Å². The number of rotatable bonds is 3. The van der Waals surface area contributed by atoms with E-state index in [2.05, 4.69) is 4.98 Å². The van der Waals surface area contributed by atoms with Gasteiger partial charge in [-0.3, -0.25) is 9.19 Å². The van der Waals surface area contributed by atoms with Crippen molar-refractivity contribution in [3.63, 3.8) is 0 Å². The topological polar surface area (TPSA) is 30.0 Å². The van der Waals surface area contributed by atoms with Gasteiger partial charge in [0.2, 0.25) is 0 Å². The molecule has 0 saturated heterocycles. The van der Waals surface area contributed by atoms with E-state index in [-0.39, 0.29) is 0 Å². The van der Waals surface area contributed by atoms with Crippen molar-refractivity contribution in [1.29, 1.82) is 0 Å². The Morgan fingerprint density at radius 1 is 1.29 bits per heavy atom. The maximum Gasteiger partial charge on any atom is 0.0715 e. The molecule has 1 unspecified atom stereocenters. The zero-order valence-corrected chi connectivity index (χ0v) is 11.8. The molecule has 2 nitrogen and oxygen atoms in total. The third-order valence-corrected chi connectivity index (χ3v) is 5.39. The van der Waals surface area contributed by atoms with Crippen LogP contribution in [-0.2, 0) is 16.6 Å². The summed E-state index contributed by atoms with van der Waals surface area (Å²) < 4.78 is 12.2. The predicted octanol–water partition coefficient (Wildman–Crippen LogP) is 3.97. The van der Waals surface area contributed by atoms with Crippen molar-refractivity contribution in [2.24, 2.45) is 0 Å². The van der Waals surface area contributed by atoms with Gasteiger partial charge in [0.25, 0.3) is 0 Å². The number of hydrogen-bond donors (Lipinski definition) is 0. The van der Waals surface area contributed by atoms with Crippen LogP contribution < -0.4 is 0 Å². The van der Waals surface area contributed by atoms with E-state index in [0.29, 0.717) is 26.7 Å². The van der Waals surface area contributed by atoms with Gasteiger partial charge in [-0.2, -0.15) is 0 Å². The van der Waals surface area contributed by atoms with Crippen LogP contribution in [-0.4, -0.2) is 14.4 Å². The molecular formula is C12H15Cl2NOS. The molecule has 5 heteroatoms. The molecule has 1 aromatic heterocycles. The second-order valence-corrected chi connectivity index (χ2v) is 6.93. The van der Waals surface area contributed by atoms with Crippen LogP contribution in [0.2, 0.25) is 10.0 Å². The van der Waals surface area contributed by atoms with Gasteiger partial charge in [0.15, 0.2) is 0 Å². The minimum absolute atomic E-state index is 0.317. The Labute approximate surface area is 114 Å². The Balaban J connectivity index is 2.02. The third-order valence-electron chi connectivity index (χ3n) is 3.09. The predicted molar refractivity (Wildman–Crippen MR) is 73.0 cm³/mol. The summed E-state index contributed by atoms with van der Waals surface area (Å²) >= 11 is 11.8. The van der Waals surface area contributed by atoms with Gasteiger partial charge in [0, 0.05) is 22.2 Å². The molecule has 1 fully saturated rings. The number of aromatic nitrogens is 1. The van der Waals surface area contributed by atoms with Crippen molar-refractivity contribution in [2.45, 2.75) is 43.1 Å². The van der Waals surface area contributed by atoms with Crippen LogP contribution in [0.4, 0.5) is 0 Å². The molecule has 0 aromatic carbocycles. The van der Waals surface area contributed by atoms with E-state index < -0.39 is 10.8 Å². The molecule has 1 atom stereocenters.